The largest absolute Gasteiger partial charge is 0.390 e. The first-order chi connectivity index (χ1) is 11.9. The molecule has 0 saturated carbocycles. The molecule has 0 spiro atoms. The van der Waals surface area contributed by atoms with Gasteiger partial charge < -0.3 is 15.3 Å². The summed E-state index contributed by atoms with van der Waals surface area (Å²) in [6.07, 6.45) is 4.51. The van der Waals surface area contributed by atoms with Gasteiger partial charge in [-0.3, -0.25) is 14.9 Å². The van der Waals surface area contributed by atoms with Crippen LogP contribution in [0.4, 0.5) is 5.69 Å². The summed E-state index contributed by atoms with van der Waals surface area (Å²) in [5.41, 5.74) is 0.557. The Morgan fingerprint density at radius 1 is 1.48 bits per heavy atom. The average molecular weight is 347 g/mol. The van der Waals surface area contributed by atoms with Crippen LogP contribution in [0.1, 0.15) is 25.3 Å². The highest BCUT2D eigenvalue weighted by Crippen LogP contribution is 2.16. The minimum atomic E-state index is -0.608. The van der Waals surface area contributed by atoms with Crippen molar-refractivity contribution in [3.8, 4) is 0 Å². The highest BCUT2D eigenvalue weighted by atomic mass is 16.6. The van der Waals surface area contributed by atoms with Crippen LogP contribution in [-0.4, -0.2) is 53.1 Å². The number of aliphatic hydroxyl groups is 1. The molecule has 1 atom stereocenters. The van der Waals surface area contributed by atoms with Crippen molar-refractivity contribution in [2.24, 2.45) is 5.92 Å². The van der Waals surface area contributed by atoms with Gasteiger partial charge in [-0.1, -0.05) is 19.1 Å². The summed E-state index contributed by atoms with van der Waals surface area (Å²) < 4.78 is 0. The van der Waals surface area contributed by atoms with E-state index in [9.17, 15) is 20.0 Å². The Balaban J connectivity index is 1.74. The van der Waals surface area contributed by atoms with Crippen molar-refractivity contribution in [3.05, 3.63) is 46.0 Å². The van der Waals surface area contributed by atoms with Gasteiger partial charge in [0, 0.05) is 31.3 Å². The number of β-amino-alcohol motifs (C(OH)–C–C–N with tert-alkyl or cyclic N) is 1. The van der Waals surface area contributed by atoms with E-state index in [0.29, 0.717) is 12.1 Å². The van der Waals surface area contributed by atoms with Crippen LogP contribution in [0.25, 0.3) is 6.08 Å². The van der Waals surface area contributed by atoms with Gasteiger partial charge in [0.05, 0.1) is 11.0 Å². The zero-order valence-corrected chi connectivity index (χ0v) is 14.4. The van der Waals surface area contributed by atoms with Gasteiger partial charge >= 0.3 is 0 Å². The minimum Gasteiger partial charge on any atom is -0.390 e. The molecule has 2 N–H and O–H groups in total. The number of hydrogen-bond acceptors (Lipinski definition) is 5. The zero-order valence-electron chi connectivity index (χ0n) is 14.4. The first-order valence-corrected chi connectivity index (χ1v) is 8.55. The third-order valence-corrected chi connectivity index (χ3v) is 4.37. The van der Waals surface area contributed by atoms with Crippen LogP contribution >= 0.6 is 0 Å². The van der Waals surface area contributed by atoms with Gasteiger partial charge in [-0.15, -0.1) is 0 Å². The van der Waals surface area contributed by atoms with E-state index in [0.717, 1.165) is 31.8 Å². The molecule has 1 heterocycles. The monoisotopic (exact) mass is 347 g/mol. The van der Waals surface area contributed by atoms with Crippen molar-refractivity contribution >= 4 is 17.7 Å². The van der Waals surface area contributed by atoms with Crippen molar-refractivity contribution in [3.63, 3.8) is 0 Å². The molecule has 1 fully saturated rings. The van der Waals surface area contributed by atoms with Gasteiger partial charge in [0.25, 0.3) is 5.69 Å². The Labute approximate surface area is 147 Å². The number of likely N-dealkylation sites (tertiary alicyclic amines) is 1. The second kappa shape index (κ2) is 9.29. The van der Waals surface area contributed by atoms with Crippen LogP contribution in [0.5, 0.6) is 0 Å². The lowest BCUT2D eigenvalue weighted by Gasteiger charge is -2.31. The molecule has 7 nitrogen and oxygen atoms in total. The quantitative estimate of drug-likeness (QED) is 0.446. The number of non-ortho nitro benzene ring substituents is 1. The number of nitro benzene ring substituents is 1. The van der Waals surface area contributed by atoms with Crippen LogP contribution in [0.15, 0.2) is 30.3 Å². The number of piperidine rings is 1. The number of nitrogens with zero attached hydrogens (tertiary/aromatic N) is 2. The van der Waals surface area contributed by atoms with Crippen molar-refractivity contribution in [1.29, 1.82) is 0 Å². The topological polar surface area (TPSA) is 95.7 Å². The maximum absolute atomic E-state index is 11.8. The SMILES string of the molecule is CC1CCN(CC(O)CNC(=O)/C=C/c2cccc([N+](=O)[O-])c2)CC1. The van der Waals surface area contributed by atoms with E-state index in [4.69, 9.17) is 0 Å². The predicted molar refractivity (Wildman–Crippen MR) is 96.0 cm³/mol. The number of carbonyl (C=O) groups excluding carboxylic acids is 1. The van der Waals surface area contributed by atoms with E-state index >= 15 is 0 Å². The van der Waals surface area contributed by atoms with Gasteiger partial charge in [-0.25, -0.2) is 0 Å². The van der Waals surface area contributed by atoms with Gasteiger partial charge in [0.2, 0.25) is 5.91 Å². The number of carbonyl (C=O) groups is 1. The third kappa shape index (κ3) is 6.64. The standard InChI is InChI=1S/C18H25N3O4/c1-14-7-9-20(10-8-14)13-17(22)12-19-18(23)6-5-15-3-2-4-16(11-15)21(24)25/h2-6,11,14,17,22H,7-10,12-13H2,1H3,(H,19,23)/b6-5+. The number of nitrogens with one attached hydrogen (secondary N) is 1. The molecule has 1 aliphatic heterocycles. The summed E-state index contributed by atoms with van der Waals surface area (Å²) in [5, 5.41) is 23.4. The molecule has 25 heavy (non-hydrogen) atoms. The van der Waals surface area contributed by atoms with Crippen molar-refractivity contribution in [2.75, 3.05) is 26.2 Å². The normalized spacial score (nSPS) is 17.5. The summed E-state index contributed by atoms with van der Waals surface area (Å²) in [5.74, 6) is 0.407. The molecule has 1 unspecified atom stereocenters. The second-order valence-electron chi connectivity index (χ2n) is 6.57. The Hall–Kier alpha value is -2.25. The fraction of sp³-hybridized carbons (Fsp3) is 0.500. The molecule has 2 rings (SSSR count). The molecule has 1 amide bonds. The van der Waals surface area contributed by atoms with Crippen molar-refractivity contribution in [1.82, 2.24) is 10.2 Å². The highest BCUT2D eigenvalue weighted by molar-refractivity contribution is 5.91. The van der Waals surface area contributed by atoms with E-state index in [1.165, 1.54) is 24.3 Å². The van der Waals surface area contributed by atoms with Gasteiger partial charge in [-0.2, -0.15) is 0 Å². The molecule has 0 aromatic heterocycles. The van der Waals surface area contributed by atoms with Crippen molar-refractivity contribution < 1.29 is 14.8 Å². The Kier molecular flexibility index (Phi) is 7.09. The summed E-state index contributed by atoms with van der Waals surface area (Å²) in [6, 6.07) is 6.05. The summed E-state index contributed by atoms with van der Waals surface area (Å²) >= 11 is 0. The first kappa shape index (κ1) is 19.1. The van der Waals surface area contributed by atoms with Gasteiger partial charge in [0.1, 0.15) is 0 Å². The van der Waals surface area contributed by atoms with Gasteiger partial charge in [0.15, 0.2) is 0 Å². The molecule has 7 heteroatoms. The molecular formula is C18H25N3O4. The Bertz CT molecular complexity index is 625. The number of amides is 1. The van der Waals surface area contributed by atoms with Crippen LogP contribution in [0, 0.1) is 16.0 Å². The van der Waals surface area contributed by atoms with E-state index in [2.05, 4.69) is 17.1 Å². The minimum absolute atomic E-state index is 0.0196. The van der Waals surface area contributed by atoms with E-state index in [1.807, 2.05) is 0 Å². The molecular weight excluding hydrogens is 322 g/mol. The Morgan fingerprint density at radius 3 is 2.88 bits per heavy atom. The summed E-state index contributed by atoms with van der Waals surface area (Å²) in [4.78, 5) is 24.3. The number of benzene rings is 1. The van der Waals surface area contributed by atoms with E-state index in [1.54, 1.807) is 12.1 Å². The highest BCUT2D eigenvalue weighted by Gasteiger charge is 2.18. The zero-order chi connectivity index (χ0) is 18.2. The van der Waals surface area contributed by atoms with Crippen molar-refractivity contribution in [2.45, 2.75) is 25.9 Å². The first-order valence-electron chi connectivity index (χ1n) is 8.55. The molecule has 1 aromatic carbocycles. The number of nitro groups is 1. The summed E-state index contributed by atoms with van der Waals surface area (Å²) in [7, 11) is 0. The molecule has 0 aliphatic carbocycles. The lowest BCUT2D eigenvalue weighted by Crippen LogP contribution is -2.42. The second-order valence-corrected chi connectivity index (χ2v) is 6.57. The smallest absolute Gasteiger partial charge is 0.270 e. The van der Waals surface area contributed by atoms with Crippen LogP contribution in [0.3, 0.4) is 0 Å². The van der Waals surface area contributed by atoms with Crippen LogP contribution < -0.4 is 5.32 Å². The lowest BCUT2D eigenvalue weighted by molar-refractivity contribution is -0.384. The maximum atomic E-state index is 11.8. The van der Waals surface area contributed by atoms with Crippen LogP contribution in [0.2, 0.25) is 0 Å². The van der Waals surface area contributed by atoms with Gasteiger partial charge in [-0.05, 0) is 43.5 Å². The molecule has 1 saturated heterocycles. The molecule has 1 aromatic rings. The fourth-order valence-electron chi connectivity index (χ4n) is 2.80. The third-order valence-electron chi connectivity index (χ3n) is 4.37. The molecule has 136 valence electrons. The maximum Gasteiger partial charge on any atom is 0.270 e. The fourth-order valence-corrected chi connectivity index (χ4v) is 2.80. The lowest BCUT2D eigenvalue weighted by atomic mass is 9.99. The molecule has 1 aliphatic rings. The number of aliphatic hydroxyl groups excluding tert-OH is 1. The van der Waals surface area contributed by atoms with E-state index < -0.39 is 11.0 Å². The molecule has 0 radical (unpaired) electrons. The van der Waals surface area contributed by atoms with E-state index in [-0.39, 0.29) is 18.1 Å². The number of rotatable bonds is 7. The average Bonchev–Trinajstić information content (AvgIpc) is 2.60. The number of hydrogen-bond donors (Lipinski definition) is 2. The molecule has 0 bridgehead atoms. The van der Waals surface area contributed by atoms with Crippen LogP contribution in [-0.2, 0) is 4.79 Å². The summed E-state index contributed by atoms with van der Waals surface area (Å²) in [6.45, 7) is 4.95. The predicted octanol–water partition coefficient (Wildman–Crippen LogP) is 1.82. The Morgan fingerprint density at radius 2 is 2.20 bits per heavy atom.